The van der Waals surface area contributed by atoms with Gasteiger partial charge < -0.3 is 5.32 Å². The molecule has 6 nitrogen and oxygen atoms in total. The first-order chi connectivity index (χ1) is 14.4. The Balaban J connectivity index is 1.65. The lowest BCUT2D eigenvalue weighted by atomic mass is 10.1. The first kappa shape index (κ1) is 20.2. The predicted octanol–water partition coefficient (Wildman–Crippen LogP) is 3.40. The van der Waals surface area contributed by atoms with E-state index in [4.69, 9.17) is 12.2 Å². The second-order valence-electron chi connectivity index (χ2n) is 6.59. The van der Waals surface area contributed by atoms with Gasteiger partial charge in [0.15, 0.2) is 0 Å². The molecule has 2 aromatic carbocycles. The molecule has 4 rings (SSSR count). The van der Waals surface area contributed by atoms with Gasteiger partial charge in [0.05, 0.1) is 16.2 Å². The lowest BCUT2D eigenvalue weighted by molar-refractivity contribution is -0.122. The lowest BCUT2D eigenvalue weighted by Gasteiger charge is -2.16. The van der Waals surface area contributed by atoms with E-state index in [2.05, 4.69) is 5.32 Å². The second-order valence-corrected chi connectivity index (χ2v) is 8.23. The molecule has 0 atom stereocenters. The zero-order valence-corrected chi connectivity index (χ0v) is 17.5. The van der Waals surface area contributed by atoms with Gasteiger partial charge in [-0.15, -0.1) is 0 Å². The molecule has 3 amide bonds. The normalized spacial score (nSPS) is 18.3. The van der Waals surface area contributed by atoms with Crippen LogP contribution >= 0.6 is 24.0 Å². The van der Waals surface area contributed by atoms with E-state index >= 15 is 0 Å². The first-order valence-corrected chi connectivity index (χ1v) is 10.4. The summed E-state index contributed by atoms with van der Waals surface area (Å²) in [7, 11) is 0. The number of carbonyl (C=O) groups is 3. The number of thioether (sulfide) groups is 1. The highest BCUT2D eigenvalue weighted by atomic mass is 32.2. The number of carbonyl (C=O) groups excluding carboxylic acids is 3. The van der Waals surface area contributed by atoms with Gasteiger partial charge >= 0.3 is 0 Å². The number of para-hydroxylation sites is 1. The minimum Gasteiger partial charge on any atom is -0.325 e. The molecule has 0 saturated carbocycles. The number of likely N-dealkylation sites (N-methyl/N-ethyl adjacent to an activating group) is 1. The largest absolute Gasteiger partial charge is 0.325 e. The van der Waals surface area contributed by atoms with Crippen LogP contribution in [0.5, 0.6) is 0 Å². The van der Waals surface area contributed by atoms with Crippen molar-refractivity contribution < 1.29 is 18.8 Å². The van der Waals surface area contributed by atoms with Gasteiger partial charge in [-0.1, -0.05) is 42.2 Å². The Morgan fingerprint density at radius 1 is 1.07 bits per heavy atom. The van der Waals surface area contributed by atoms with Gasteiger partial charge in [-0.2, -0.15) is 0 Å². The fourth-order valence-electron chi connectivity index (χ4n) is 3.36. The van der Waals surface area contributed by atoms with Crippen molar-refractivity contribution in [3.63, 3.8) is 0 Å². The van der Waals surface area contributed by atoms with Crippen LogP contribution in [-0.4, -0.2) is 40.0 Å². The summed E-state index contributed by atoms with van der Waals surface area (Å²) in [5.41, 5.74) is 1.82. The van der Waals surface area contributed by atoms with Crippen LogP contribution in [0, 0.1) is 5.82 Å². The Morgan fingerprint density at radius 3 is 2.43 bits per heavy atom. The number of benzene rings is 2. The van der Waals surface area contributed by atoms with Crippen LogP contribution in [0.1, 0.15) is 12.5 Å². The molecule has 0 bridgehead atoms. The van der Waals surface area contributed by atoms with Crippen molar-refractivity contribution in [3.8, 4) is 0 Å². The van der Waals surface area contributed by atoms with Crippen LogP contribution in [0.4, 0.5) is 15.8 Å². The number of hydrogen-bond donors (Lipinski definition) is 1. The maximum absolute atomic E-state index is 13.2. The van der Waals surface area contributed by atoms with Crippen molar-refractivity contribution in [3.05, 3.63) is 64.8 Å². The molecule has 0 aliphatic carbocycles. The molecule has 0 unspecified atom stereocenters. The molecular formula is C21H16FN3O3S2. The van der Waals surface area contributed by atoms with Gasteiger partial charge in [-0.05, 0) is 37.3 Å². The predicted molar refractivity (Wildman–Crippen MR) is 118 cm³/mol. The van der Waals surface area contributed by atoms with Gasteiger partial charge in [-0.25, -0.2) is 4.39 Å². The molecule has 30 heavy (non-hydrogen) atoms. The van der Waals surface area contributed by atoms with E-state index in [-0.39, 0.29) is 22.9 Å². The molecule has 9 heteroatoms. The Bertz CT molecular complexity index is 1110. The van der Waals surface area contributed by atoms with Crippen molar-refractivity contribution in [1.29, 1.82) is 0 Å². The topological polar surface area (TPSA) is 69.7 Å². The Morgan fingerprint density at radius 2 is 1.77 bits per heavy atom. The van der Waals surface area contributed by atoms with Crippen LogP contribution in [0.15, 0.2) is 53.4 Å². The average molecular weight is 442 g/mol. The second kappa shape index (κ2) is 8.00. The summed E-state index contributed by atoms with van der Waals surface area (Å²) < 4.78 is 13.5. The number of nitrogens with one attached hydrogen (secondary N) is 1. The van der Waals surface area contributed by atoms with Crippen molar-refractivity contribution in [2.24, 2.45) is 0 Å². The van der Waals surface area contributed by atoms with Crippen LogP contribution in [-0.2, 0) is 14.4 Å². The summed E-state index contributed by atoms with van der Waals surface area (Å²) in [6, 6.07) is 12.4. The Labute approximate surface area is 181 Å². The Kier molecular flexibility index (Phi) is 5.40. The van der Waals surface area contributed by atoms with Crippen LogP contribution in [0.25, 0.3) is 5.57 Å². The third kappa shape index (κ3) is 3.50. The Hall–Kier alpha value is -3.04. The summed E-state index contributed by atoms with van der Waals surface area (Å²) >= 11 is 6.37. The molecule has 2 aliphatic rings. The standard InChI is InChI=1S/C21H16FN3O3S2/c1-2-24-20(28)18(30-21(24)29)17-14-5-3-4-6-15(14)25(19(17)27)11-16(26)23-13-9-7-12(22)8-10-13/h3-10H,2,11H2,1H3,(H,23,26)/b18-17-. The van der Waals surface area contributed by atoms with E-state index in [1.165, 1.54) is 34.1 Å². The third-order valence-electron chi connectivity index (χ3n) is 4.75. The highest BCUT2D eigenvalue weighted by Crippen LogP contribution is 2.44. The minimum absolute atomic E-state index is 0.245. The van der Waals surface area contributed by atoms with Crippen molar-refractivity contribution in [2.75, 3.05) is 23.3 Å². The maximum Gasteiger partial charge on any atom is 0.266 e. The summed E-state index contributed by atoms with van der Waals surface area (Å²) in [5.74, 6) is -1.58. The van der Waals surface area contributed by atoms with Crippen molar-refractivity contribution in [1.82, 2.24) is 4.90 Å². The number of thiocarbonyl (C=S) groups is 1. The van der Waals surface area contributed by atoms with Gasteiger partial charge in [0.25, 0.3) is 11.8 Å². The van der Waals surface area contributed by atoms with Crippen LogP contribution in [0.2, 0.25) is 0 Å². The number of hydrogen-bond acceptors (Lipinski definition) is 5. The highest BCUT2D eigenvalue weighted by Gasteiger charge is 2.41. The zero-order valence-electron chi connectivity index (χ0n) is 15.8. The van der Waals surface area contributed by atoms with E-state index in [0.717, 1.165) is 11.8 Å². The van der Waals surface area contributed by atoms with E-state index in [0.29, 0.717) is 27.8 Å². The maximum atomic E-state index is 13.2. The molecule has 0 radical (unpaired) electrons. The summed E-state index contributed by atoms with van der Waals surface area (Å²) in [5, 5.41) is 2.65. The van der Waals surface area contributed by atoms with E-state index in [1.54, 1.807) is 24.3 Å². The SMILES string of the molecule is CCN1C(=O)/C(=C2/C(=O)N(CC(=O)Nc3ccc(F)cc3)c3ccccc32)SC1=S. The molecule has 2 aromatic rings. The fourth-order valence-corrected chi connectivity index (χ4v) is 4.81. The third-order valence-corrected chi connectivity index (χ3v) is 6.19. The number of fused-ring (bicyclic) bond motifs is 1. The van der Waals surface area contributed by atoms with E-state index < -0.39 is 17.6 Å². The molecule has 152 valence electrons. The minimum atomic E-state index is -0.438. The number of halogens is 1. The fraction of sp³-hybridized carbons (Fsp3) is 0.143. The molecule has 2 heterocycles. The van der Waals surface area contributed by atoms with E-state index in [9.17, 15) is 18.8 Å². The smallest absolute Gasteiger partial charge is 0.266 e. The van der Waals surface area contributed by atoms with E-state index in [1.807, 2.05) is 6.92 Å². The molecular weight excluding hydrogens is 425 g/mol. The van der Waals surface area contributed by atoms with Crippen LogP contribution in [0.3, 0.4) is 0 Å². The molecule has 1 fully saturated rings. The molecule has 2 aliphatic heterocycles. The summed E-state index contributed by atoms with van der Waals surface area (Å²) in [6.07, 6.45) is 0. The number of amides is 3. The summed E-state index contributed by atoms with van der Waals surface area (Å²) in [4.78, 5) is 41.6. The van der Waals surface area contributed by atoms with Crippen LogP contribution < -0.4 is 10.2 Å². The first-order valence-electron chi connectivity index (χ1n) is 9.15. The van der Waals surface area contributed by atoms with Crippen molar-refractivity contribution in [2.45, 2.75) is 6.92 Å². The molecule has 1 N–H and O–H groups in total. The molecule has 0 aromatic heterocycles. The molecule has 0 spiro atoms. The van der Waals surface area contributed by atoms with Gasteiger partial charge in [0.2, 0.25) is 5.91 Å². The number of anilines is 2. The monoisotopic (exact) mass is 441 g/mol. The van der Waals surface area contributed by atoms with Gasteiger partial charge in [0.1, 0.15) is 16.7 Å². The zero-order chi connectivity index (χ0) is 21.4. The van der Waals surface area contributed by atoms with Crippen molar-refractivity contribution >= 4 is 63.0 Å². The number of nitrogens with zero attached hydrogens (tertiary/aromatic N) is 2. The quantitative estimate of drug-likeness (QED) is 0.582. The highest BCUT2D eigenvalue weighted by molar-refractivity contribution is 8.26. The van der Waals surface area contributed by atoms with Gasteiger partial charge in [0, 0.05) is 17.8 Å². The summed E-state index contributed by atoms with van der Waals surface area (Å²) in [6.45, 7) is 1.99. The lowest BCUT2D eigenvalue weighted by Crippen LogP contribution is -2.35. The van der Waals surface area contributed by atoms with Gasteiger partial charge in [-0.3, -0.25) is 24.2 Å². The molecule has 1 saturated heterocycles. The average Bonchev–Trinajstić information content (AvgIpc) is 3.16. The number of rotatable bonds is 4.